The summed E-state index contributed by atoms with van der Waals surface area (Å²) in [5.41, 5.74) is -0.682. The first kappa shape index (κ1) is 17.7. The lowest BCUT2D eigenvalue weighted by Gasteiger charge is -2.34. The Morgan fingerprint density at radius 2 is 1.87 bits per heavy atom. The number of nitrogens with zero attached hydrogens (tertiary/aromatic N) is 1. The van der Waals surface area contributed by atoms with Crippen molar-refractivity contribution in [3.05, 3.63) is 0 Å². The highest BCUT2D eigenvalue weighted by molar-refractivity contribution is 6.06. The summed E-state index contributed by atoms with van der Waals surface area (Å²) in [6, 6.07) is -0.373. The van der Waals surface area contributed by atoms with Gasteiger partial charge < -0.3 is 16.0 Å². The number of nitrogens with one attached hydrogen (secondary N) is 3. The Balaban J connectivity index is 1.69. The van der Waals surface area contributed by atoms with Gasteiger partial charge in [-0.05, 0) is 51.6 Å². The number of imide groups is 1. The summed E-state index contributed by atoms with van der Waals surface area (Å²) < 4.78 is 0. The van der Waals surface area contributed by atoms with E-state index in [4.69, 9.17) is 0 Å². The van der Waals surface area contributed by atoms with Crippen molar-refractivity contribution in [3.8, 4) is 0 Å². The molecule has 0 atom stereocenters. The van der Waals surface area contributed by atoms with E-state index in [1.54, 1.807) is 13.8 Å². The third-order valence-corrected chi connectivity index (χ3v) is 4.75. The van der Waals surface area contributed by atoms with Gasteiger partial charge in [0.1, 0.15) is 5.54 Å². The second-order valence-electron chi connectivity index (χ2n) is 7.45. The molecule has 0 spiro atoms. The molecule has 0 aromatic carbocycles. The topological polar surface area (TPSA) is 90.5 Å². The van der Waals surface area contributed by atoms with Crippen LogP contribution in [-0.2, 0) is 9.59 Å². The fourth-order valence-corrected chi connectivity index (χ4v) is 3.03. The van der Waals surface area contributed by atoms with Crippen LogP contribution < -0.4 is 16.0 Å². The van der Waals surface area contributed by atoms with Crippen LogP contribution in [-0.4, -0.2) is 54.5 Å². The predicted octanol–water partition coefficient (Wildman–Crippen LogP) is 0.603. The minimum atomic E-state index is -0.844. The highest BCUT2D eigenvalue weighted by Gasteiger charge is 2.43. The monoisotopic (exact) mass is 324 g/mol. The van der Waals surface area contributed by atoms with Crippen LogP contribution in [0, 0.1) is 5.41 Å². The molecule has 2 saturated heterocycles. The summed E-state index contributed by atoms with van der Waals surface area (Å²) in [7, 11) is 0. The normalized spacial score (nSPS) is 22.8. The number of hydrogen-bond donors (Lipinski definition) is 3. The fraction of sp³-hybridized carbons (Fsp3) is 0.812. The lowest BCUT2D eigenvalue weighted by atomic mass is 9.81. The van der Waals surface area contributed by atoms with E-state index in [9.17, 15) is 14.4 Å². The zero-order valence-electron chi connectivity index (χ0n) is 14.3. The van der Waals surface area contributed by atoms with Crippen molar-refractivity contribution < 1.29 is 14.4 Å². The fourth-order valence-electron chi connectivity index (χ4n) is 3.03. The molecule has 0 aliphatic carbocycles. The molecule has 130 valence electrons. The Hall–Kier alpha value is -1.63. The standard InChI is InChI=1S/C16H28N4O3/c1-15(2)13(22)20(14(23)19-15)10-4-5-12(21)18-11-16(3)6-8-17-9-7-16/h17H,4-11H2,1-3H3,(H,18,21)(H,19,23). The van der Waals surface area contributed by atoms with Crippen LogP contribution in [0.5, 0.6) is 0 Å². The van der Waals surface area contributed by atoms with E-state index in [1.165, 1.54) is 4.90 Å². The lowest BCUT2D eigenvalue weighted by Crippen LogP contribution is -2.43. The van der Waals surface area contributed by atoms with E-state index in [1.807, 2.05) is 0 Å². The lowest BCUT2D eigenvalue weighted by molar-refractivity contribution is -0.130. The summed E-state index contributed by atoms with van der Waals surface area (Å²) in [6.07, 6.45) is 2.93. The molecule has 2 aliphatic rings. The smallest absolute Gasteiger partial charge is 0.325 e. The Labute approximate surface area is 137 Å². The maximum absolute atomic E-state index is 12.0. The van der Waals surface area contributed by atoms with Crippen LogP contribution in [0.3, 0.4) is 0 Å². The van der Waals surface area contributed by atoms with Crippen molar-refractivity contribution >= 4 is 17.8 Å². The van der Waals surface area contributed by atoms with Gasteiger partial charge in [0, 0.05) is 19.5 Å². The van der Waals surface area contributed by atoms with Crippen LogP contribution in [0.2, 0.25) is 0 Å². The zero-order valence-corrected chi connectivity index (χ0v) is 14.3. The molecule has 0 bridgehead atoms. The van der Waals surface area contributed by atoms with Crippen molar-refractivity contribution in [2.24, 2.45) is 5.41 Å². The molecule has 7 heteroatoms. The van der Waals surface area contributed by atoms with Gasteiger partial charge in [0.05, 0.1) is 0 Å². The molecule has 4 amide bonds. The van der Waals surface area contributed by atoms with Crippen molar-refractivity contribution in [3.63, 3.8) is 0 Å². The van der Waals surface area contributed by atoms with Gasteiger partial charge in [0.15, 0.2) is 0 Å². The highest BCUT2D eigenvalue weighted by Crippen LogP contribution is 2.26. The SMILES string of the molecule is CC1(CNC(=O)CCCN2C(=O)NC(C)(C)C2=O)CCNCC1. The summed E-state index contributed by atoms with van der Waals surface area (Å²) in [6.45, 7) is 8.51. The molecule has 0 saturated carbocycles. The molecule has 3 N–H and O–H groups in total. The van der Waals surface area contributed by atoms with Crippen LogP contribution >= 0.6 is 0 Å². The number of urea groups is 1. The molecule has 0 unspecified atom stereocenters. The van der Waals surface area contributed by atoms with E-state index in [-0.39, 0.29) is 29.8 Å². The molecule has 0 aromatic rings. The summed E-state index contributed by atoms with van der Waals surface area (Å²) in [5.74, 6) is -0.249. The molecule has 2 heterocycles. The second kappa shape index (κ2) is 6.86. The van der Waals surface area contributed by atoms with E-state index in [0.717, 1.165) is 25.9 Å². The van der Waals surface area contributed by atoms with E-state index in [0.29, 0.717) is 19.4 Å². The molecule has 2 aliphatic heterocycles. The molecule has 2 rings (SSSR count). The van der Waals surface area contributed by atoms with Crippen molar-refractivity contribution in [2.75, 3.05) is 26.2 Å². The molecular weight excluding hydrogens is 296 g/mol. The van der Waals surface area contributed by atoms with E-state index in [2.05, 4.69) is 22.9 Å². The highest BCUT2D eigenvalue weighted by atomic mass is 16.2. The summed E-state index contributed by atoms with van der Waals surface area (Å²) in [5, 5.41) is 8.94. The predicted molar refractivity (Wildman–Crippen MR) is 86.8 cm³/mol. The minimum Gasteiger partial charge on any atom is -0.356 e. The first-order valence-corrected chi connectivity index (χ1v) is 8.35. The van der Waals surface area contributed by atoms with Gasteiger partial charge in [-0.3, -0.25) is 14.5 Å². The van der Waals surface area contributed by atoms with Crippen LogP contribution in [0.1, 0.15) is 46.5 Å². The number of piperidine rings is 1. The average Bonchev–Trinajstić information content (AvgIpc) is 2.68. The Kier molecular flexibility index (Phi) is 5.29. The minimum absolute atomic E-state index is 0.0175. The molecule has 2 fully saturated rings. The molecule has 7 nitrogen and oxygen atoms in total. The quantitative estimate of drug-likeness (QED) is 0.624. The van der Waals surface area contributed by atoms with Crippen molar-refractivity contribution in [1.29, 1.82) is 0 Å². The molecule has 23 heavy (non-hydrogen) atoms. The van der Waals surface area contributed by atoms with Gasteiger partial charge in [0.25, 0.3) is 5.91 Å². The van der Waals surface area contributed by atoms with Gasteiger partial charge in [-0.2, -0.15) is 0 Å². The Morgan fingerprint density at radius 3 is 2.43 bits per heavy atom. The molecular formula is C16H28N4O3. The third-order valence-electron chi connectivity index (χ3n) is 4.75. The number of carbonyl (C=O) groups excluding carboxylic acids is 3. The third kappa shape index (κ3) is 4.43. The molecule has 0 radical (unpaired) electrons. The first-order chi connectivity index (χ1) is 10.7. The maximum Gasteiger partial charge on any atom is 0.325 e. The number of hydrogen-bond acceptors (Lipinski definition) is 4. The average molecular weight is 324 g/mol. The first-order valence-electron chi connectivity index (χ1n) is 8.35. The van der Waals surface area contributed by atoms with Crippen LogP contribution in [0.25, 0.3) is 0 Å². The van der Waals surface area contributed by atoms with Gasteiger partial charge >= 0.3 is 6.03 Å². The van der Waals surface area contributed by atoms with Gasteiger partial charge in [0.2, 0.25) is 5.91 Å². The second-order valence-corrected chi connectivity index (χ2v) is 7.45. The number of carbonyl (C=O) groups is 3. The van der Waals surface area contributed by atoms with Gasteiger partial charge in [-0.1, -0.05) is 6.92 Å². The zero-order chi connectivity index (χ0) is 17.1. The Bertz CT molecular complexity index is 484. The van der Waals surface area contributed by atoms with Crippen LogP contribution in [0.4, 0.5) is 4.79 Å². The van der Waals surface area contributed by atoms with Gasteiger partial charge in [-0.25, -0.2) is 4.79 Å². The van der Waals surface area contributed by atoms with Crippen molar-refractivity contribution in [2.45, 2.75) is 52.0 Å². The molecule has 0 aromatic heterocycles. The number of rotatable bonds is 6. The Morgan fingerprint density at radius 1 is 1.22 bits per heavy atom. The summed E-state index contributed by atoms with van der Waals surface area (Å²) >= 11 is 0. The largest absolute Gasteiger partial charge is 0.356 e. The van der Waals surface area contributed by atoms with E-state index < -0.39 is 5.54 Å². The van der Waals surface area contributed by atoms with Gasteiger partial charge in [-0.15, -0.1) is 0 Å². The summed E-state index contributed by atoms with van der Waals surface area (Å²) in [4.78, 5) is 36.9. The number of amides is 4. The van der Waals surface area contributed by atoms with Crippen molar-refractivity contribution in [1.82, 2.24) is 20.9 Å². The van der Waals surface area contributed by atoms with E-state index >= 15 is 0 Å². The van der Waals surface area contributed by atoms with Crippen LogP contribution in [0.15, 0.2) is 0 Å². The maximum atomic E-state index is 12.0.